The Morgan fingerprint density at radius 2 is 1.79 bits per heavy atom. The average molecular weight is 263 g/mol. The molecule has 0 unspecified atom stereocenters. The number of hydrogen-bond donors (Lipinski definition) is 1. The fourth-order valence-electron chi connectivity index (χ4n) is 2.74. The quantitative estimate of drug-likeness (QED) is 0.891. The van der Waals surface area contributed by atoms with Gasteiger partial charge in [-0.05, 0) is 37.1 Å². The van der Waals surface area contributed by atoms with Gasteiger partial charge in [0.25, 0.3) is 0 Å². The SMILES string of the molecule is COc1ccc(N2CCN(CCN)CC2)c(C)c1C. The topological polar surface area (TPSA) is 41.7 Å². The normalized spacial score (nSPS) is 16.7. The standard InChI is InChI=1S/C15H25N3O/c1-12-13(2)15(19-3)5-4-14(12)18-10-8-17(7-6-16)9-11-18/h4-5H,6-11,16H2,1-3H3. The molecule has 4 nitrogen and oxygen atoms in total. The molecule has 0 aliphatic carbocycles. The van der Waals surface area contributed by atoms with E-state index in [1.54, 1.807) is 7.11 Å². The molecule has 0 radical (unpaired) electrons. The zero-order chi connectivity index (χ0) is 13.8. The number of nitrogens with two attached hydrogens (primary N) is 1. The van der Waals surface area contributed by atoms with Gasteiger partial charge in [-0.1, -0.05) is 0 Å². The first-order chi connectivity index (χ1) is 9.17. The van der Waals surface area contributed by atoms with Crippen molar-refractivity contribution in [2.24, 2.45) is 5.73 Å². The molecule has 4 heteroatoms. The van der Waals surface area contributed by atoms with E-state index < -0.39 is 0 Å². The number of hydrogen-bond acceptors (Lipinski definition) is 4. The van der Waals surface area contributed by atoms with Crippen LogP contribution in [0.25, 0.3) is 0 Å². The lowest BCUT2D eigenvalue weighted by Gasteiger charge is -2.37. The summed E-state index contributed by atoms with van der Waals surface area (Å²) < 4.78 is 5.38. The van der Waals surface area contributed by atoms with E-state index in [4.69, 9.17) is 10.5 Å². The van der Waals surface area contributed by atoms with Gasteiger partial charge in [-0.3, -0.25) is 4.90 Å². The molecule has 1 aliphatic rings. The molecule has 0 amide bonds. The lowest BCUT2D eigenvalue weighted by Crippen LogP contribution is -2.48. The molecule has 1 saturated heterocycles. The van der Waals surface area contributed by atoms with Crippen molar-refractivity contribution >= 4 is 5.69 Å². The van der Waals surface area contributed by atoms with E-state index in [1.165, 1.54) is 16.8 Å². The van der Waals surface area contributed by atoms with Crippen LogP contribution in [-0.4, -0.2) is 51.3 Å². The average Bonchev–Trinajstić information content (AvgIpc) is 2.43. The second-order valence-electron chi connectivity index (χ2n) is 5.15. The minimum atomic E-state index is 0.751. The van der Waals surface area contributed by atoms with Crippen molar-refractivity contribution in [1.82, 2.24) is 4.90 Å². The van der Waals surface area contributed by atoms with Crippen LogP contribution in [0.1, 0.15) is 11.1 Å². The third kappa shape index (κ3) is 3.01. The molecule has 1 fully saturated rings. The van der Waals surface area contributed by atoms with Gasteiger partial charge < -0.3 is 15.4 Å². The van der Waals surface area contributed by atoms with Crippen LogP contribution in [0.15, 0.2) is 12.1 Å². The van der Waals surface area contributed by atoms with Crippen LogP contribution in [-0.2, 0) is 0 Å². The summed E-state index contributed by atoms with van der Waals surface area (Å²) in [7, 11) is 1.73. The summed E-state index contributed by atoms with van der Waals surface area (Å²) in [6.07, 6.45) is 0. The second-order valence-corrected chi connectivity index (χ2v) is 5.15. The minimum Gasteiger partial charge on any atom is -0.496 e. The highest BCUT2D eigenvalue weighted by molar-refractivity contribution is 5.60. The van der Waals surface area contributed by atoms with Crippen LogP contribution in [0.2, 0.25) is 0 Å². The van der Waals surface area contributed by atoms with Crippen molar-refractivity contribution in [2.75, 3.05) is 51.3 Å². The zero-order valence-corrected chi connectivity index (χ0v) is 12.3. The van der Waals surface area contributed by atoms with Crippen LogP contribution in [0, 0.1) is 13.8 Å². The lowest BCUT2D eigenvalue weighted by molar-refractivity contribution is 0.264. The first-order valence-electron chi connectivity index (χ1n) is 6.99. The maximum Gasteiger partial charge on any atom is 0.122 e. The van der Waals surface area contributed by atoms with Gasteiger partial charge in [0.1, 0.15) is 5.75 Å². The molecule has 1 aliphatic heterocycles. The zero-order valence-electron chi connectivity index (χ0n) is 12.3. The van der Waals surface area contributed by atoms with Crippen molar-refractivity contribution in [3.63, 3.8) is 0 Å². The largest absolute Gasteiger partial charge is 0.496 e. The lowest BCUT2D eigenvalue weighted by atomic mass is 10.1. The first-order valence-corrected chi connectivity index (χ1v) is 6.99. The summed E-state index contributed by atoms with van der Waals surface area (Å²) in [5.41, 5.74) is 9.52. The Kier molecular flexibility index (Phi) is 4.66. The van der Waals surface area contributed by atoms with Crippen molar-refractivity contribution in [1.29, 1.82) is 0 Å². The van der Waals surface area contributed by atoms with Crippen molar-refractivity contribution < 1.29 is 4.74 Å². The molecule has 0 bridgehead atoms. The fourth-order valence-corrected chi connectivity index (χ4v) is 2.74. The van der Waals surface area contributed by atoms with Gasteiger partial charge in [0, 0.05) is 45.0 Å². The van der Waals surface area contributed by atoms with Gasteiger partial charge in [0.2, 0.25) is 0 Å². The van der Waals surface area contributed by atoms with Crippen LogP contribution < -0.4 is 15.4 Å². The molecule has 106 valence electrons. The Hall–Kier alpha value is -1.26. The molecule has 0 aromatic heterocycles. The van der Waals surface area contributed by atoms with E-state index in [9.17, 15) is 0 Å². The highest BCUT2D eigenvalue weighted by Crippen LogP contribution is 2.30. The molecule has 2 N–H and O–H groups in total. The van der Waals surface area contributed by atoms with E-state index in [-0.39, 0.29) is 0 Å². The highest BCUT2D eigenvalue weighted by Gasteiger charge is 2.19. The summed E-state index contributed by atoms with van der Waals surface area (Å²) in [5, 5.41) is 0. The molecule has 2 rings (SSSR count). The predicted molar refractivity (Wildman–Crippen MR) is 80.2 cm³/mol. The van der Waals surface area contributed by atoms with Gasteiger partial charge >= 0.3 is 0 Å². The van der Waals surface area contributed by atoms with E-state index in [0.717, 1.165) is 45.0 Å². The number of ether oxygens (including phenoxy) is 1. The van der Waals surface area contributed by atoms with E-state index >= 15 is 0 Å². The van der Waals surface area contributed by atoms with E-state index in [0.29, 0.717) is 0 Å². The van der Waals surface area contributed by atoms with Gasteiger partial charge in [0.15, 0.2) is 0 Å². The Morgan fingerprint density at radius 3 is 2.37 bits per heavy atom. The molecular weight excluding hydrogens is 238 g/mol. The Morgan fingerprint density at radius 1 is 1.11 bits per heavy atom. The number of nitrogens with zero attached hydrogens (tertiary/aromatic N) is 2. The number of anilines is 1. The molecule has 1 aromatic rings. The van der Waals surface area contributed by atoms with E-state index in [1.807, 2.05) is 0 Å². The van der Waals surface area contributed by atoms with Crippen LogP contribution in [0.5, 0.6) is 5.75 Å². The van der Waals surface area contributed by atoms with Crippen molar-refractivity contribution in [3.05, 3.63) is 23.3 Å². The van der Waals surface area contributed by atoms with Crippen LogP contribution >= 0.6 is 0 Å². The first kappa shape index (κ1) is 14.2. The van der Waals surface area contributed by atoms with Gasteiger partial charge in [-0.25, -0.2) is 0 Å². The Labute approximate surface area is 116 Å². The summed E-state index contributed by atoms with van der Waals surface area (Å²) in [6.45, 7) is 10.4. The molecule has 1 heterocycles. The molecule has 1 aromatic carbocycles. The summed E-state index contributed by atoms with van der Waals surface area (Å²) >= 11 is 0. The number of piperazine rings is 1. The van der Waals surface area contributed by atoms with Gasteiger partial charge in [-0.2, -0.15) is 0 Å². The highest BCUT2D eigenvalue weighted by atomic mass is 16.5. The summed E-state index contributed by atoms with van der Waals surface area (Å²) in [5.74, 6) is 0.975. The molecule has 0 saturated carbocycles. The maximum absolute atomic E-state index is 5.61. The Bertz CT molecular complexity index is 426. The molecule has 19 heavy (non-hydrogen) atoms. The monoisotopic (exact) mass is 263 g/mol. The summed E-state index contributed by atoms with van der Waals surface area (Å²) in [4.78, 5) is 4.90. The smallest absolute Gasteiger partial charge is 0.122 e. The number of methoxy groups -OCH3 is 1. The maximum atomic E-state index is 5.61. The van der Waals surface area contributed by atoms with Crippen LogP contribution in [0.3, 0.4) is 0 Å². The summed E-state index contributed by atoms with van der Waals surface area (Å²) in [6, 6.07) is 4.25. The minimum absolute atomic E-state index is 0.751. The van der Waals surface area contributed by atoms with Crippen molar-refractivity contribution in [2.45, 2.75) is 13.8 Å². The number of rotatable bonds is 4. The Balaban J connectivity index is 2.09. The predicted octanol–water partition coefficient (Wildman–Crippen LogP) is 1.39. The second kappa shape index (κ2) is 6.26. The van der Waals surface area contributed by atoms with Crippen molar-refractivity contribution in [3.8, 4) is 5.75 Å². The fraction of sp³-hybridized carbons (Fsp3) is 0.600. The van der Waals surface area contributed by atoms with Crippen LogP contribution in [0.4, 0.5) is 5.69 Å². The molecule has 0 spiro atoms. The van der Waals surface area contributed by atoms with Gasteiger partial charge in [-0.15, -0.1) is 0 Å². The number of benzene rings is 1. The molecular formula is C15H25N3O. The third-order valence-corrected chi connectivity index (χ3v) is 4.09. The molecule has 0 atom stereocenters. The van der Waals surface area contributed by atoms with Gasteiger partial charge in [0.05, 0.1) is 7.11 Å². The van der Waals surface area contributed by atoms with E-state index in [2.05, 4.69) is 35.8 Å². The third-order valence-electron chi connectivity index (χ3n) is 4.09.